The van der Waals surface area contributed by atoms with Gasteiger partial charge in [-0.05, 0) is 30.0 Å². The van der Waals surface area contributed by atoms with Crippen LogP contribution < -0.4 is 10.6 Å². The third kappa shape index (κ3) is 6.16. The molecule has 0 spiro atoms. The lowest BCUT2D eigenvalue weighted by atomic mass is 9.96. The van der Waals surface area contributed by atoms with Gasteiger partial charge in [0, 0.05) is 19.0 Å². The minimum atomic E-state index is -0.909. The SMILES string of the molecule is CC(C)[C@H](NC(=O)CCCNC(=O)c1ccc(F)cc1F)c1ccccc1. The van der Waals surface area contributed by atoms with Crippen LogP contribution in [0.4, 0.5) is 8.78 Å². The number of carbonyl (C=O) groups excluding carboxylic acids is 2. The van der Waals surface area contributed by atoms with Crippen LogP contribution in [0, 0.1) is 17.6 Å². The van der Waals surface area contributed by atoms with Gasteiger partial charge < -0.3 is 10.6 Å². The Bertz CT molecular complexity index is 779. The zero-order chi connectivity index (χ0) is 19.8. The van der Waals surface area contributed by atoms with Gasteiger partial charge in [-0.2, -0.15) is 0 Å². The molecule has 2 N–H and O–H groups in total. The quantitative estimate of drug-likeness (QED) is 0.687. The molecular formula is C21H24F2N2O2. The zero-order valence-corrected chi connectivity index (χ0v) is 15.5. The number of hydrogen-bond donors (Lipinski definition) is 2. The largest absolute Gasteiger partial charge is 0.352 e. The van der Waals surface area contributed by atoms with Crippen molar-refractivity contribution < 1.29 is 18.4 Å². The van der Waals surface area contributed by atoms with Crippen LogP contribution in [-0.4, -0.2) is 18.4 Å². The molecule has 6 heteroatoms. The van der Waals surface area contributed by atoms with Gasteiger partial charge in [-0.1, -0.05) is 44.2 Å². The Hall–Kier alpha value is -2.76. The van der Waals surface area contributed by atoms with E-state index in [0.29, 0.717) is 12.5 Å². The second-order valence-electron chi connectivity index (χ2n) is 6.68. The van der Waals surface area contributed by atoms with Crippen molar-refractivity contribution in [2.75, 3.05) is 6.54 Å². The smallest absolute Gasteiger partial charge is 0.254 e. The lowest BCUT2D eigenvalue weighted by Gasteiger charge is -2.23. The summed E-state index contributed by atoms with van der Waals surface area (Å²) in [6.45, 7) is 4.30. The summed E-state index contributed by atoms with van der Waals surface area (Å²) < 4.78 is 26.4. The van der Waals surface area contributed by atoms with Crippen molar-refractivity contribution in [3.05, 3.63) is 71.3 Å². The van der Waals surface area contributed by atoms with E-state index in [0.717, 1.165) is 17.7 Å². The Morgan fingerprint density at radius 1 is 1.04 bits per heavy atom. The molecule has 2 aromatic carbocycles. The Morgan fingerprint density at radius 3 is 2.37 bits per heavy atom. The van der Waals surface area contributed by atoms with E-state index in [1.165, 1.54) is 0 Å². The summed E-state index contributed by atoms with van der Waals surface area (Å²) in [5.74, 6) is -2.15. The maximum absolute atomic E-state index is 13.6. The van der Waals surface area contributed by atoms with Gasteiger partial charge in [-0.15, -0.1) is 0 Å². The molecule has 2 rings (SSSR count). The first-order valence-electron chi connectivity index (χ1n) is 8.96. The zero-order valence-electron chi connectivity index (χ0n) is 15.5. The number of nitrogens with one attached hydrogen (secondary N) is 2. The van der Waals surface area contributed by atoms with Crippen molar-refractivity contribution in [3.8, 4) is 0 Å². The second-order valence-corrected chi connectivity index (χ2v) is 6.68. The van der Waals surface area contributed by atoms with Crippen molar-refractivity contribution in [2.45, 2.75) is 32.7 Å². The molecule has 0 unspecified atom stereocenters. The molecule has 0 radical (unpaired) electrons. The highest BCUT2D eigenvalue weighted by Gasteiger charge is 2.18. The maximum Gasteiger partial charge on any atom is 0.254 e. The van der Waals surface area contributed by atoms with Crippen molar-refractivity contribution in [1.82, 2.24) is 10.6 Å². The van der Waals surface area contributed by atoms with Gasteiger partial charge in [-0.25, -0.2) is 8.78 Å². The van der Waals surface area contributed by atoms with Gasteiger partial charge in [0.2, 0.25) is 5.91 Å². The number of halogens is 2. The average Bonchev–Trinajstić information content (AvgIpc) is 2.63. The highest BCUT2D eigenvalue weighted by atomic mass is 19.1. The fourth-order valence-electron chi connectivity index (χ4n) is 2.76. The lowest BCUT2D eigenvalue weighted by molar-refractivity contribution is -0.122. The van der Waals surface area contributed by atoms with E-state index in [4.69, 9.17) is 0 Å². The molecule has 0 saturated carbocycles. The van der Waals surface area contributed by atoms with Crippen LogP contribution in [0.1, 0.15) is 48.7 Å². The number of hydrogen-bond acceptors (Lipinski definition) is 2. The molecular weight excluding hydrogens is 350 g/mol. The van der Waals surface area contributed by atoms with Crippen LogP contribution in [-0.2, 0) is 4.79 Å². The van der Waals surface area contributed by atoms with Gasteiger partial charge in [-0.3, -0.25) is 9.59 Å². The van der Waals surface area contributed by atoms with E-state index in [1.807, 2.05) is 44.2 Å². The molecule has 0 fully saturated rings. The van der Waals surface area contributed by atoms with E-state index in [-0.39, 0.29) is 36.4 Å². The minimum absolute atomic E-state index is 0.0818. The second kappa shape index (κ2) is 9.80. The Morgan fingerprint density at radius 2 is 1.74 bits per heavy atom. The molecule has 1 atom stereocenters. The van der Waals surface area contributed by atoms with Crippen LogP contribution >= 0.6 is 0 Å². The molecule has 0 aromatic heterocycles. The number of benzene rings is 2. The Balaban J connectivity index is 1.79. The molecule has 0 bridgehead atoms. The molecule has 0 aliphatic rings. The van der Waals surface area contributed by atoms with Crippen LogP contribution in [0.5, 0.6) is 0 Å². The van der Waals surface area contributed by atoms with Crippen molar-refractivity contribution in [1.29, 1.82) is 0 Å². The summed E-state index contributed by atoms with van der Waals surface area (Å²) in [6.07, 6.45) is 0.655. The molecule has 2 amide bonds. The van der Waals surface area contributed by atoms with E-state index in [9.17, 15) is 18.4 Å². The first kappa shape index (κ1) is 20.6. The van der Waals surface area contributed by atoms with Gasteiger partial charge >= 0.3 is 0 Å². The standard InChI is InChI=1S/C21H24F2N2O2/c1-14(2)20(15-7-4-3-5-8-15)25-19(26)9-6-12-24-21(27)17-11-10-16(22)13-18(17)23/h3-5,7-8,10-11,13-14,20H,6,9,12H2,1-2H3,(H,24,27)(H,25,26)/t20-/m0/s1. The van der Waals surface area contributed by atoms with Crippen LogP contribution in [0.3, 0.4) is 0 Å². The molecule has 0 saturated heterocycles. The Labute approximate surface area is 158 Å². The highest BCUT2D eigenvalue weighted by molar-refractivity contribution is 5.94. The molecule has 4 nitrogen and oxygen atoms in total. The van der Waals surface area contributed by atoms with E-state index in [1.54, 1.807) is 0 Å². The van der Waals surface area contributed by atoms with Gasteiger partial charge in [0.1, 0.15) is 11.6 Å². The molecule has 0 heterocycles. The van der Waals surface area contributed by atoms with Crippen molar-refractivity contribution in [2.24, 2.45) is 5.92 Å². The van der Waals surface area contributed by atoms with Crippen LogP contribution in [0.2, 0.25) is 0 Å². The highest BCUT2D eigenvalue weighted by Crippen LogP contribution is 2.21. The van der Waals surface area contributed by atoms with Gasteiger partial charge in [0.25, 0.3) is 5.91 Å². The fraction of sp³-hybridized carbons (Fsp3) is 0.333. The average molecular weight is 374 g/mol. The molecule has 0 aliphatic heterocycles. The molecule has 27 heavy (non-hydrogen) atoms. The predicted molar refractivity (Wildman–Crippen MR) is 100 cm³/mol. The van der Waals surface area contributed by atoms with Gasteiger partial charge in [0.05, 0.1) is 11.6 Å². The van der Waals surface area contributed by atoms with E-state index >= 15 is 0 Å². The van der Waals surface area contributed by atoms with Crippen molar-refractivity contribution in [3.63, 3.8) is 0 Å². The third-order valence-corrected chi connectivity index (χ3v) is 4.18. The lowest BCUT2D eigenvalue weighted by Crippen LogP contribution is -2.32. The van der Waals surface area contributed by atoms with E-state index in [2.05, 4.69) is 10.6 Å². The van der Waals surface area contributed by atoms with E-state index < -0.39 is 17.5 Å². The topological polar surface area (TPSA) is 58.2 Å². The molecule has 144 valence electrons. The van der Waals surface area contributed by atoms with Gasteiger partial charge in [0.15, 0.2) is 0 Å². The summed E-state index contributed by atoms with van der Waals surface area (Å²) in [4.78, 5) is 24.1. The first-order valence-corrected chi connectivity index (χ1v) is 8.96. The van der Waals surface area contributed by atoms with Crippen molar-refractivity contribution >= 4 is 11.8 Å². The number of rotatable bonds is 8. The fourth-order valence-corrected chi connectivity index (χ4v) is 2.76. The normalized spacial score (nSPS) is 11.9. The van der Waals surface area contributed by atoms with Crippen LogP contribution in [0.25, 0.3) is 0 Å². The number of carbonyl (C=O) groups is 2. The summed E-state index contributed by atoms with van der Waals surface area (Å²) >= 11 is 0. The first-order chi connectivity index (χ1) is 12.9. The molecule has 2 aromatic rings. The number of amides is 2. The molecule has 0 aliphatic carbocycles. The van der Waals surface area contributed by atoms with Crippen LogP contribution in [0.15, 0.2) is 48.5 Å². The summed E-state index contributed by atoms with van der Waals surface area (Å²) in [5.41, 5.74) is 0.825. The monoisotopic (exact) mass is 374 g/mol. The third-order valence-electron chi connectivity index (χ3n) is 4.18. The summed E-state index contributed by atoms with van der Waals surface area (Å²) in [6, 6.07) is 12.4. The summed E-state index contributed by atoms with van der Waals surface area (Å²) in [7, 11) is 0. The predicted octanol–water partition coefficient (Wildman–Crippen LogP) is 3.99. The summed E-state index contributed by atoms with van der Waals surface area (Å²) in [5, 5.41) is 5.56. The minimum Gasteiger partial charge on any atom is -0.352 e. The maximum atomic E-state index is 13.6. The Kier molecular flexibility index (Phi) is 7.46.